The van der Waals surface area contributed by atoms with Crippen LogP contribution in [-0.4, -0.2) is 11.7 Å². The van der Waals surface area contributed by atoms with Crippen molar-refractivity contribution >= 4 is 6.08 Å². The molecule has 0 spiro atoms. The van der Waals surface area contributed by atoms with Crippen LogP contribution in [0.3, 0.4) is 0 Å². The lowest BCUT2D eigenvalue weighted by Gasteiger charge is -2.03. The minimum absolute atomic E-state index is 0.709. The van der Waals surface area contributed by atoms with Gasteiger partial charge in [-0.3, -0.25) is 0 Å². The molecular formula is C15H12N2O. The van der Waals surface area contributed by atoms with Gasteiger partial charge in [0.2, 0.25) is 0 Å². The number of hydrogen-bond donors (Lipinski definition) is 0. The molecule has 18 heavy (non-hydrogen) atoms. The predicted octanol–water partition coefficient (Wildman–Crippen LogP) is 3.06. The van der Waals surface area contributed by atoms with Crippen molar-refractivity contribution in [1.29, 1.82) is 5.26 Å². The summed E-state index contributed by atoms with van der Waals surface area (Å²) in [5.74, 6) is 0.839. The van der Waals surface area contributed by atoms with Gasteiger partial charge in [0.1, 0.15) is 17.5 Å². The summed E-state index contributed by atoms with van der Waals surface area (Å²) in [4.78, 5) is 0. The van der Waals surface area contributed by atoms with E-state index < -0.39 is 0 Å². The smallest absolute Gasteiger partial charge is 0.121 e. The summed E-state index contributed by atoms with van der Waals surface area (Å²) in [6, 6.07) is 12.1. The van der Waals surface area contributed by atoms with Crippen molar-refractivity contribution in [2.24, 2.45) is 0 Å². The van der Waals surface area contributed by atoms with E-state index in [1.165, 1.54) is 0 Å². The zero-order valence-electron chi connectivity index (χ0n) is 10.1. The fourth-order valence-electron chi connectivity index (χ4n) is 2.30. The number of fused-ring (bicyclic) bond motifs is 1. The van der Waals surface area contributed by atoms with E-state index in [0.29, 0.717) is 5.69 Å². The highest BCUT2D eigenvalue weighted by Crippen LogP contribution is 2.32. The lowest BCUT2D eigenvalue weighted by Crippen LogP contribution is -1.95. The van der Waals surface area contributed by atoms with Crippen molar-refractivity contribution in [1.82, 2.24) is 4.57 Å². The second kappa shape index (κ2) is 4.08. The molecule has 0 saturated heterocycles. The molecule has 1 aromatic heterocycles. The van der Waals surface area contributed by atoms with Crippen LogP contribution >= 0.6 is 0 Å². The minimum Gasteiger partial charge on any atom is -0.497 e. The molecule has 0 N–H and O–H groups in total. The number of rotatable bonds is 2. The fraction of sp³-hybridized carbons (Fsp3) is 0.133. The molecule has 0 unspecified atom stereocenters. The number of ether oxygens (including phenoxy) is 1. The lowest BCUT2D eigenvalue weighted by atomic mass is 10.1. The van der Waals surface area contributed by atoms with Gasteiger partial charge in [-0.15, -0.1) is 0 Å². The molecule has 88 valence electrons. The molecule has 2 heterocycles. The maximum Gasteiger partial charge on any atom is 0.121 e. The van der Waals surface area contributed by atoms with Crippen molar-refractivity contribution in [3.8, 4) is 22.9 Å². The third-order valence-electron chi connectivity index (χ3n) is 3.22. The van der Waals surface area contributed by atoms with E-state index in [2.05, 4.69) is 18.2 Å². The highest BCUT2D eigenvalue weighted by atomic mass is 16.5. The van der Waals surface area contributed by atoms with E-state index in [1.54, 1.807) is 7.11 Å². The topological polar surface area (TPSA) is 37.9 Å². The van der Waals surface area contributed by atoms with E-state index >= 15 is 0 Å². The van der Waals surface area contributed by atoms with Crippen molar-refractivity contribution in [2.45, 2.75) is 6.54 Å². The summed E-state index contributed by atoms with van der Waals surface area (Å²) in [6.07, 6.45) is 4.14. The molecule has 0 amide bonds. The van der Waals surface area contributed by atoms with Gasteiger partial charge in [0.15, 0.2) is 0 Å². The first-order valence-electron chi connectivity index (χ1n) is 5.78. The molecule has 2 aromatic rings. The quantitative estimate of drug-likeness (QED) is 0.803. The molecule has 1 aliphatic heterocycles. The molecule has 0 fully saturated rings. The zero-order valence-corrected chi connectivity index (χ0v) is 10.1. The first-order valence-corrected chi connectivity index (χ1v) is 5.78. The summed E-state index contributed by atoms with van der Waals surface area (Å²) in [5.41, 5.74) is 4.02. The van der Waals surface area contributed by atoms with Crippen LogP contribution in [0.1, 0.15) is 11.4 Å². The van der Waals surface area contributed by atoms with Crippen molar-refractivity contribution in [3.63, 3.8) is 0 Å². The Hall–Kier alpha value is -2.47. The van der Waals surface area contributed by atoms with Gasteiger partial charge in [-0.05, 0) is 29.8 Å². The molecule has 1 aliphatic rings. The predicted molar refractivity (Wildman–Crippen MR) is 70.2 cm³/mol. The Bertz CT molecular complexity index is 657. The third kappa shape index (κ3) is 1.51. The van der Waals surface area contributed by atoms with E-state index in [9.17, 15) is 0 Å². The number of benzene rings is 1. The van der Waals surface area contributed by atoms with Gasteiger partial charge in [-0.25, -0.2) is 0 Å². The van der Waals surface area contributed by atoms with Crippen molar-refractivity contribution in [3.05, 3.63) is 47.8 Å². The number of nitrogens with zero attached hydrogens (tertiary/aromatic N) is 2. The van der Waals surface area contributed by atoms with E-state index in [4.69, 9.17) is 10.00 Å². The summed E-state index contributed by atoms with van der Waals surface area (Å²) >= 11 is 0. The first-order chi connectivity index (χ1) is 8.83. The first kappa shape index (κ1) is 10.7. The summed E-state index contributed by atoms with van der Waals surface area (Å²) in [5, 5.41) is 9.13. The number of hydrogen-bond acceptors (Lipinski definition) is 2. The zero-order chi connectivity index (χ0) is 12.5. The average molecular weight is 236 g/mol. The van der Waals surface area contributed by atoms with E-state index in [-0.39, 0.29) is 0 Å². The molecule has 3 heteroatoms. The number of allylic oxidation sites excluding steroid dienone is 1. The molecule has 0 saturated carbocycles. The van der Waals surface area contributed by atoms with Gasteiger partial charge < -0.3 is 9.30 Å². The standard InChI is InChI=1S/C15H12N2O/c1-18-13-6-4-11(5-7-13)14-9-12(10-16)17-8-2-3-15(14)17/h2-7,9H,8H2,1H3. The maximum atomic E-state index is 9.13. The fourth-order valence-corrected chi connectivity index (χ4v) is 2.30. The normalized spacial score (nSPS) is 12.2. The molecule has 3 nitrogen and oxygen atoms in total. The van der Waals surface area contributed by atoms with Crippen LogP contribution in [0.2, 0.25) is 0 Å². The highest BCUT2D eigenvalue weighted by molar-refractivity contribution is 5.77. The monoisotopic (exact) mass is 236 g/mol. The van der Waals surface area contributed by atoms with Crippen molar-refractivity contribution in [2.75, 3.05) is 7.11 Å². The van der Waals surface area contributed by atoms with Gasteiger partial charge in [-0.2, -0.15) is 5.26 Å². The summed E-state index contributed by atoms with van der Waals surface area (Å²) in [7, 11) is 1.65. The van der Waals surface area contributed by atoms with Gasteiger partial charge >= 0.3 is 0 Å². The van der Waals surface area contributed by atoms with Gasteiger partial charge in [0.25, 0.3) is 0 Å². The highest BCUT2D eigenvalue weighted by Gasteiger charge is 2.16. The Morgan fingerprint density at radius 3 is 2.72 bits per heavy atom. The second-order valence-corrected chi connectivity index (χ2v) is 4.18. The van der Waals surface area contributed by atoms with E-state index in [1.807, 2.05) is 34.9 Å². The van der Waals surface area contributed by atoms with E-state index in [0.717, 1.165) is 29.1 Å². The van der Waals surface area contributed by atoms with Crippen LogP contribution < -0.4 is 4.74 Å². The Labute approximate surface area is 106 Å². The van der Waals surface area contributed by atoms with Gasteiger partial charge in [0, 0.05) is 17.8 Å². The minimum atomic E-state index is 0.709. The summed E-state index contributed by atoms with van der Waals surface area (Å²) < 4.78 is 7.18. The number of nitriles is 1. The molecule has 0 atom stereocenters. The average Bonchev–Trinajstić information content (AvgIpc) is 3.00. The Morgan fingerprint density at radius 1 is 1.28 bits per heavy atom. The molecule has 0 aliphatic carbocycles. The molecule has 0 radical (unpaired) electrons. The van der Waals surface area contributed by atoms with Crippen LogP contribution in [0, 0.1) is 11.3 Å². The number of aromatic nitrogens is 1. The largest absolute Gasteiger partial charge is 0.497 e. The summed E-state index contributed by atoms with van der Waals surface area (Å²) in [6.45, 7) is 0.786. The van der Waals surface area contributed by atoms with Crippen molar-refractivity contribution < 1.29 is 4.74 Å². The molecule has 1 aromatic carbocycles. The van der Waals surface area contributed by atoms with Crippen LogP contribution in [-0.2, 0) is 6.54 Å². The second-order valence-electron chi connectivity index (χ2n) is 4.18. The Morgan fingerprint density at radius 2 is 2.06 bits per heavy atom. The van der Waals surface area contributed by atoms with Crippen LogP contribution in [0.15, 0.2) is 36.4 Å². The maximum absolute atomic E-state index is 9.13. The Balaban J connectivity index is 2.12. The number of methoxy groups -OCH3 is 1. The Kier molecular flexibility index (Phi) is 2.42. The van der Waals surface area contributed by atoms with Gasteiger partial charge in [-0.1, -0.05) is 18.2 Å². The van der Waals surface area contributed by atoms with Crippen LogP contribution in [0.25, 0.3) is 17.2 Å². The third-order valence-corrected chi connectivity index (χ3v) is 3.22. The SMILES string of the molecule is COc1ccc(-c2cc(C#N)n3c2C=CC3)cc1. The lowest BCUT2D eigenvalue weighted by molar-refractivity contribution is 0.415. The molecule has 3 rings (SSSR count). The molecule has 0 bridgehead atoms. The van der Waals surface area contributed by atoms with Crippen LogP contribution in [0.5, 0.6) is 5.75 Å². The van der Waals surface area contributed by atoms with Gasteiger partial charge in [0.05, 0.1) is 7.11 Å². The van der Waals surface area contributed by atoms with Crippen LogP contribution in [0.4, 0.5) is 0 Å². The molecular weight excluding hydrogens is 224 g/mol.